The molecule has 2 amide bonds. The highest BCUT2D eigenvalue weighted by Gasteiger charge is 2.27. The molecule has 1 aromatic carbocycles. The van der Waals surface area contributed by atoms with E-state index in [9.17, 15) is 18.0 Å². The highest BCUT2D eigenvalue weighted by Crippen LogP contribution is 2.16. The topological polar surface area (TPSA) is 104 Å². The second-order valence-corrected chi connectivity index (χ2v) is 7.16. The third-order valence-corrected chi connectivity index (χ3v) is 4.81. The van der Waals surface area contributed by atoms with E-state index in [1.54, 1.807) is 13.8 Å². The van der Waals surface area contributed by atoms with E-state index in [0.717, 1.165) is 0 Å². The number of nitrogens with one attached hydrogen (secondary N) is 3. The van der Waals surface area contributed by atoms with E-state index in [4.69, 9.17) is 0 Å². The predicted octanol–water partition coefficient (Wildman–Crippen LogP) is 0.590. The average molecular weight is 325 g/mol. The van der Waals surface area contributed by atoms with Crippen LogP contribution in [0.2, 0.25) is 0 Å². The number of amides is 2. The summed E-state index contributed by atoms with van der Waals surface area (Å²) in [6.45, 7) is 3.48. The van der Waals surface area contributed by atoms with Gasteiger partial charge in [-0.05, 0) is 44.5 Å². The maximum atomic E-state index is 12.0. The number of sulfonamides is 1. The second-order valence-electron chi connectivity index (χ2n) is 5.45. The molecular weight excluding hydrogens is 306 g/mol. The first-order valence-electron chi connectivity index (χ1n) is 7.00. The van der Waals surface area contributed by atoms with E-state index in [1.807, 2.05) is 0 Å². The molecule has 1 aliphatic heterocycles. The van der Waals surface area contributed by atoms with Crippen molar-refractivity contribution in [3.63, 3.8) is 0 Å². The summed E-state index contributed by atoms with van der Waals surface area (Å²) in [5.41, 5.74) is 0.481. The zero-order valence-electron chi connectivity index (χ0n) is 12.4. The number of carbonyl (C=O) groups excluding carboxylic acids is 2. The molecule has 0 saturated carbocycles. The van der Waals surface area contributed by atoms with Gasteiger partial charge in [0.15, 0.2) is 0 Å². The van der Waals surface area contributed by atoms with E-state index in [0.29, 0.717) is 18.5 Å². The van der Waals surface area contributed by atoms with Crippen molar-refractivity contribution in [2.45, 2.75) is 43.7 Å². The number of carbonyl (C=O) groups is 2. The lowest BCUT2D eigenvalue weighted by Crippen LogP contribution is -2.37. The largest absolute Gasteiger partial charge is 0.344 e. The Morgan fingerprint density at radius 3 is 2.41 bits per heavy atom. The Kier molecular flexibility index (Phi) is 4.82. The molecule has 1 atom stereocenters. The van der Waals surface area contributed by atoms with Gasteiger partial charge in [0.25, 0.3) is 0 Å². The third-order valence-electron chi connectivity index (χ3n) is 3.13. The fourth-order valence-corrected chi connectivity index (χ4v) is 3.39. The Bertz CT molecular complexity index is 668. The second kappa shape index (κ2) is 6.45. The molecule has 1 saturated heterocycles. The Labute approximate surface area is 129 Å². The van der Waals surface area contributed by atoms with Gasteiger partial charge in [0.05, 0.1) is 4.90 Å². The summed E-state index contributed by atoms with van der Waals surface area (Å²) in [6, 6.07) is 5.16. The van der Waals surface area contributed by atoms with Crippen LogP contribution in [0.5, 0.6) is 0 Å². The molecule has 8 heteroatoms. The summed E-state index contributed by atoms with van der Waals surface area (Å²) in [5.74, 6) is -0.442. The molecule has 1 aliphatic rings. The summed E-state index contributed by atoms with van der Waals surface area (Å²) in [6.07, 6.45) is 0.811. The van der Waals surface area contributed by atoms with Gasteiger partial charge in [-0.15, -0.1) is 0 Å². The molecule has 120 valence electrons. The molecule has 1 fully saturated rings. The van der Waals surface area contributed by atoms with E-state index < -0.39 is 16.1 Å². The molecule has 1 aromatic rings. The minimum atomic E-state index is -3.55. The molecule has 0 aromatic heterocycles. The lowest BCUT2D eigenvalue weighted by Gasteiger charge is -2.12. The highest BCUT2D eigenvalue weighted by atomic mass is 32.2. The van der Waals surface area contributed by atoms with Crippen molar-refractivity contribution in [2.24, 2.45) is 0 Å². The van der Waals surface area contributed by atoms with Crippen molar-refractivity contribution in [2.75, 3.05) is 5.32 Å². The number of hydrogen-bond acceptors (Lipinski definition) is 4. The summed E-state index contributed by atoms with van der Waals surface area (Å²) >= 11 is 0. The van der Waals surface area contributed by atoms with Gasteiger partial charge in [-0.1, -0.05) is 0 Å². The van der Waals surface area contributed by atoms with E-state index >= 15 is 0 Å². The summed E-state index contributed by atoms with van der Waals surface area (Å²) < 4.78 is 26.4. The first kappa shape index (κ1) is 16.4. The van der Waals surface area contributed by atoms with Gasteiger partial charge in [0.1, 0.15) is 6.04 Å². The molecule has 3 N–H and O–H groups in total. The zero-order chi connectivity index (χ0) is 16.3. The van der Waals surface area contributed by atoms with Gasteiger partial charge in [0.2, 0.25) is 21.8 Å². The van der Waals surface area contributed by atoms with Crippen molar-refractivity contribution >= 4 is 27.5 Å². The van der Waals surface area contributed by atoms with Crippen LogP contribution in [0.15, 0.2) is 29.2 Å². The number of rotatable bonds is 5. The van der Waals surface area contributed by atoms with Crippen LogP contribution in [0.3, 0.4) is 0 Å². The van der Waals surface area contributed by atoms with Crippen LogP contribution in [0.1, 0.15) is 26.7 Å². The van der Waals surface area contributed by atoms with E-state index in [1.165, 1.54) is 24.3 Å². The lowest BCUT2D eigenvalue weighted by molar-refractivity contribution is -0.122. The van der Waals surface area contributed by atoms with Gasteiger partial charge in [-0.25, -0.2) is 13.1 Å². The highest BCUT2D eigenvalue weighted by molar-refractivity contribution is 7.89. The van der Waals surface area contributed by atoms with Gasteiger partial charge in [0, 0.05) is 18.2 Å². The van der Waals surface area contributed by atoms with Gasteiger partial charge in [-0.3, -0.25) is 9.59 Å². The number of benzene rings is 1. The maximum absolute atomic E-state index is 12.0. The van der Waals surface area contributed by atoms with Crippen molar-refractivity contribution in [1.82, 2.24) is 10.0 Å². The van der Waals surface area contributed by atoms with Crippen molar-refractivity contribution in [3.8, 4) is 0 Å². The molecule has 0 bridgehead atoms. The van der Waals surface area contributed by atoms with Crippen molar-refractivity contribution in [3.05, 3.63) is 24.3 Å². The van der Waals surface area contributed by atoms with Crippen molar-refractivity contribution < 1.29 is 18.0 Å². The summed E-state index contributed by atoms with van der Waals surface area (Å²) in [4.78, 5) is 23.2. The van der Waals surface area contributed by atoms with Crippen LogP contribution in [0.25, 0.3) is 0 Å². The van der Waals surface area contributed by atoms with Gasteiger partial charge >= 0.3 is 0 Å². The molecule has 22 heavy (non-hydrogen) atoms. The van der Waals surface area contributed by atoms with E-state index in [-0.39, 0.29) is 22.8 Å². The minimum absolute atomic E-state index is 0.133. The van der Waals surface area contributed by atoms with E-state index in [2.05, 4.69) is 15.4 Å². The molecule has 2 rings (SSSR count). The fraction of sp³-hybridized carbons (Fsp3) is 0.429. The van der Waals surface area contributed by atoms with Crippen LogP contribution in [-0.2, 0) is 19.6 Å². The number of hydrogen-bond donors (Lipinski definition) is 3. The Balaban J connectivity index is 2.03. The standard InChI is InChI=1S/C14H19N3O4S/c1-9(2)17-22(20,21)11-5-3-10(4-6-11)15-14(19)12-7-8-13(18)16-12/h3-6,9,12,17H,7-8H2,1-2H3,(H,15,19)(H,16,18)/t12-/m1/s1. The Morgan fingerprint density at radius 1 is 1.27 bits per heavy atom. The van der Waals surface area contributed by atoms with Crippen LogP contribution in [0.4, 0.5) is 5.69 Å². The molecule has 7 nitrogen and oxygen atoms in total. The summed E-state index contributed by atoms with van der Waals surface area (Å²) in [7, 11) is -3.55. The average Bonchev–Trinajstić information content (AvgIpc) is 2.85. The third kappa shape index (κ3) is 4.05. The SMILES string of the molecule is CC(C)NS(=O)(=O)c1ccc(NC(=O)[C@H]2CCC(=O)N2)cc1. The Morgan fingerprint density at radius 2 is 1.91 bits per heavy atom. The predicted molar refractivity (Wildman–Crippen MR) is 81.7 cm³/mol. The summed E-state index contributed by atoms with van der Waals surface area (Å²) in [5, 5.41) is 5.23. The number of anilines is 1. The molecule has 0 radical (unpaired) electrons. The van der Waals surface area contributed by atoms with Crippen molar-refractivity contribution in [1.29, 1.82) is 0 Å². The Hall–Kier alpha value is -1.93. The van der Waals surface area contributed by atoms with Crippen LogP contribution in [-0.4, -0.2) is 32.3 Å². The van der Waals surface area contributed by atoms with Gasteiger partial charge < -0.3 is 10.6 Å². The molecule has 0 unspecified atom stereocenters. The molecule has 1 heterocycles. The van der Waals surface area contributed by atoms with Crippen LogP contribution < -0.4 is 15.4 Å². The van der Waals surface area contributed by atoms with Gasteiger partial charge in [-0.2, -0.15) is 0 Å². The smallest absolute Gasteiger partial charge is 0.246 e. The molecule has 0 aliphatic carbocycles. The normalized spacial score (nSPS) is 18.3. The lowest BCUT2D eigenvalue weighted by atomic mass is 10.2. The first-order valence-corrected chi connectivity index (χ1v) is 8.49. The maximum Gasteiger partial charge on any atom is 0.246 e. The first-order chi connectivity index (χ1) is 10.3. The fourth-order valence-electron chi connectivity index (χ4n) is 2.14. The molecule has 0 spiro atoms. The van der Waals surface area contributed by atoms with Crippen LogP contribution in [0, 0.1) is 0 Å². The monoisotopic (exact) mass is 325 g/mol. The van der Waals surface area contributed by atoms with Crippen LogP contribution >= 0.6 is 0 Å². The minimum Gasteiger partial charge on any atom is -0.344 e. The quantitative estimate of drug-likeness (QED) is 0.737. The zero-order valence-corrected chi connectivity index (χ0v) is 13.2. The molecular formula is C14H19N3O4S.